The van der Waals surface area contributed by atoms with E-state index in [4.69, 9.17) is 9.47 Å². The maximum absolute atomic E-state index is 13.1. The number of ether oxygens (including phenoxy) is 2. The number of carbonyl (C=O) groups excluding carboxylic acids is 2. The molecule has 34 heavy (non-hydrogen) atoms. The lowest BCUT2D eigenvalue weighted by molar-refractivity contribution is -0.118. The van der Waals surface area contributed by atoms with Gasteiger partial charge in [-0.25, -0.2) is 4.99 Å². The number of amides is 2. The number of fused-ring (bicyclic) bond motifs is 1. The van der Waals surface area contributed by atoms with Crippen molar-refractivity contribution in [1.29, 1.82) is 0 Å². The quantitative estimate of drug-likeness (QED) is 0.551. The largest absolute Gasteiger partial charge is 0.454 e. The number of hydrogen-bond donors (Lipinski definition) is 1. The summed E-state index contributed by atoms with van der Waals surface area (Å²) in [5.41, 5.74) is 2.49. The van der Waals surface area contributed by atoms with Gasteiger partial charge in [-0.1, -0.05) is 42.1 Å². The van der Waals surface area contributed by atoms with Crippen molar-refractivity contribution < 1.29 is 19.1 Å². The average molecular weight is 473 g/mol. The number of nitrogens with zero attached hydrogens (tertiary/aromatic N) is 3. The van der Waals surface area contributed by atoms with E-state index in [2.05, 4.69) is 15.3 Å². The highest BCUT2D eigenvalue weighted by molar-refractivity contribution is 8.14. The van der Waals surface area contributed by atoms with Crippen molar-refractivity contribution in [3.05, 3.63) is 89.9 Å². The normalized spacial score (nSPS) is 15.5. The maximum atomic E-state index is 13.1. The van der Waals surface area contributed by atoms with Gasteiger partial charge in [-0.15, -0.1) is 0 Å². The zero-order chi connectivity index (χ0) is 23.3. The number of nitrogens with one attached hydrogen (secondary N) is 1. The molecule has 2 amide bonds. The second-order valence-corrected chi connectivity index (χ2v) is 8.35. The Morgan fingerprint density at radius 3 is 2.71 bits per heavy atom. The van der Waals surface area contributed by atoms with Crippen LogP contribution in [0.1, 0.15) is 11.3 Å². The molecule has 0 radical (unpaired) electrons. The lowest BCUT2D eigenvalue weighted by atomic mass is 10.2. The lowest BCUT2D eigenvalue weighted by Gasteiger charge is -2.17. The molecule has 1 N–H and O–H groups in total. The summed E-state index contributed by atoms with van der Waals surface area (Å²) in [7, 11) is 0. The van der Waals surface area contributed by atoms with Gasteiger partial charge in [0.05, 0.1) is 17.1 Å². The minimum atomic E-state index is -0.264. The van der Waals surface area contributed by atoms with E-state index in [9.17, 15) is 9.59 Å². The molecule has 2 aliphatic rings. The number of carbonyl (C=O) groups is 2. The van der Waals surface area contributed by atoms with E-state index in [-0.39, 0.29) is 30.1 Å². The van der Waals surface area contributed by atoms with Crippen molar-refractivity contribution >= 4 is 40.5 Å². The number of para-hydroxylation sites is 1. The predicted molar refractivity (Wildman–Crippen MR) is 130 cm³/mol. The number of pyridine rings is 1. The topological polar surface area (TPSA) is 93.1 Å². The van der Waals surface area contributed by atoms with Crippen LogP contribution in [-0.4, -0.2) is 34.5 Å². The van der Waals surface area contributed by atoms with Crippen molar-refractivity contribution in [2.45, 2.75) is 6.54 Å². The second-order valence-electron chi connectivity index (χ2n) is 7.41. The molecule has 0 aliphatic carbocycles. The first-order chi connectivity index (χ1) is 16.7. The first-order valence-electron chi connectivity index (χ1n) is 10.6. The first kappa shape index (κ1) is 21.7. The van der Waals surface area contributed by atoms with Crippen LogP contribution in [-0.2, 0) is 16.1 Å². The van der Waals surface area contributed by atoms with Crippen LogP contribution >= 0.6 is 11.8 Å². The van der Waals surface area contributed by atoms with E-state index in [0.29, 0.717) is 34.6 Å². The molecule has 0 saturated carbocycles. The number of hydrogen-bond acceptors (Lipinski definition) is 7. The molecule has 5 rings (SSSR count). The third-order valence-corrected chi connectivity index (χ3v) is 6.01. The lowest BCUT2D eigenvalue weighted by Crippen LogP contribution is -2.32. The molecule has 170 valence electrons. The summed E-state index contributed by atoms with van der Waals surface area (Å²) in [5, 5.41) is 3.33. The zero-order valence-electron chi connectivity index (χ0n) is 18.0. The van der Waals surface area contributed by atoms with Crippen molar-refractivity contribution in [2.24, 2.45) is 4.99 Å². The Hall–Kier alpha value is -4.11. The van der Waals surface area contributed by atoms with E-state index in [0.717, 1.165) is 5.56 Å². The van der Waals surface area contributed by atoms with Gasteiger partial charge in [-0.3, -0.25) is 19.5 Å². The van der Waals surface area contributed by atoms with E-state index in [1.54, 1.807) is 18.3 Å². The van der Waals surface area contributed by atoms with Gasteiger partial charge in [0.2, 0.25) is 12.7 Å². The van der Waals surface area contributed by atoms with Crippen LogP contribution in [0.4, 0.5) is 5.69 Å². The first-order valence-corrected chi connectivity index (χ1v) is 11.5. The van der Waals surface area contributed by atoms with Gasteiger partial charge in [0, 0.05) is 12.7 Å². The molecular formula is C25H20N4O4S. The molecule has 0 saturated heterocycles. The Morgan fingerprint density at radius 1 is 1.06 bits per heavy atom. The Kier molecular flexibility index (Phi) is 6.26. The van der Waals surface area contributed by atoms with Crippen LogP contribution in [0.3, 0.4) is 0 Å². The van der Waals surface area contributed by atoms with E-state index in [1.807, 2.05) is 60.7 Å². The molecule has 2 aliphatic heterocycles. The van der Waals surface area contributed by atoms with Gasteiger partial charge in [-0.05, 0) is 48.0 Å². The standard InChI is InChI=1S/C25H20N4O4S/c30-23(27-14-17-9-10-21-22(12-17)33-16-32-21)15-34-25-28-20(13-18-6-4-5-11-26-18)24(31)29(25)19-7-2-1-3-8-19/h1-13H,14-16H2,(H,27,30)/b20-13+. The minimum absolute atomic E-state index is 0.108. The van der Waals surface area contributed by atoms with Crippen molar-refractivity contribution in [2.75, 3.05) is 17.4 Å². The monoisotopic (exact) mass is 472 g/mol. The summed E-state index contributed by atoms with van der Waals surface area (Å²) >= 11 is 1.21. The van der Waals surface area contributed by atoms with Gasteiger partial charge in [0.25, 0.3) is 5.91 Å². The van der Waals surface area contributed by atoms with Crippen LogP contribution < -0.4 is 19.7 Å². The Morgan fingerprint density at radius 2 is 1.88 bits per heavy atom. The fraction of sp³-hybridized carbons (Fsp3) is 0.120. The highest BCUT2D eigenvalue weighted by atomic mass is 32.2. The van der Waals surface area contributed by atoms with Gasteiger partial charge in [0.1, 0.15) is 5.70 Å². The molecule has 9 heteroatoms. The third kappa shape index (κ3) is 4.79. The Balaban J connectivity index is 1.27. The summed E-state index contributed by atoms with van der Waals surface area (Å²) in [5.74, 6) is 1.04. The number of anilines is 1. The third-order valence-electron chi connectivity index (χ3n) is 5.08. The molecule has 0 bridgehead atoms. The molecule has 3 aromatic rings. The molecule has 1 aromatic heterocycles. The van der Waals surface area contributed by atoms with Crippen LogP contribution in [0.15, 0.2) is 83.6 Å². The molecule has 3 heterocycles. The molecule has 0 atom stereocenters. The fourth-order valence-corrected chi connectivity index (χ4v) is 4.27. The highest BCUT2D eigenvalue weighted by Crippen LogP contribution is 2.32. The molecule has 2 aromatic carbocycles. The highest BCUT2D eigenvalue weighted by Gasteiger charge is 2.32. The summed E-state index contributed by atoms with van der Waals surface area (Å²) in [6, 6.07) is 20.2. The van der Waals surface area contributed by atoms with Gasteiger partial charge in [0.15, 0.2) is 16.7 Å². The number of aliphatic imine (C=N–C) groups is 1. The Bertz CT molecular complexity index is 1280. The Labute approximate surface area is 200 Å². The molecule has 0 unspecified atom stereocenters. The van der Waals surface area contributed by atoms with Crippen LogP contribution in [0.2, 0.25) is 0 Å². The van der Waals surface area contributed by atoms with Gasteiger partial charge >= 0.3 is 0 Å². The van der Waals surface area contributed by atoms with Crippen LogP contribution in [0.5, 0.6) is 11.5 Å². The number of aromatic nitrogens is 1. The van der Waals surface area contributed by atoms with Crippen molar-refractivity contribution in [3.8, 4) is 11.5 Å². The van der Waals surface area contributed by atoms with Crippen molar-refractivity contribution in [3.63, 3.8) is 0 Å². The number of benzene rings is 2. The van der Waals surface area contributed by atoms with Crippen molar-refractivity contribution in [1.82, 2.24) is 10.3 Å². The van der Waals surface area contributed by atoms with Gasteiger partial charge < -0.3 is 14.8 Å². The summed E-state index contributed by atoms with van der Waals surface area (Å²) in [4.78, 5) is 36.0. The van der Waals surface area contributed by atoms with Crippen LogP contribution in [0.25, 0.3) is 6.08 Å². The van der Waals surface area contributed by atoms with Crippen LogP contribution in [0, 0.1) is 0 Å². The fourth-order valence-electron chi connectivity index (χ4n) is 3.43. The van der Waals surface area contributed by atoms with E-state index >= 15 is 0 Å². The van der Waals surface area contributed by atoms with E-state index < -0.39 is 0 Å². The summed E-state index contributed by atoms with van der Waals surface area (Å²) in [6.07, 6.45) is 3.30. The summed E-state index contributed by atoms with van der Waals surface area (Å²) < 4.78 is 10.7. The molecule has 8 nitrogen and oxygen atoms in total. The van der Waals surface area contributed by atoms with E-state index in [1.165, 1.54) is 16.7 Å². The molecular weight excluding hydrogens is 452 g/mol. The zero-order valence-corrected chi connectivity index (χ0v) is 18.8. The molecule has 0 spiro atoms. The summed E-state index contributed by atoms with van der Waals surface area (Å²) in [6.45, 7) is 0.561. The minimum Gasteiger partial charge on any atom is -0.454 e. The predicted octanol–water partition coefficient (Wildman–Crippen LogP) is 3.60. The van der Waals surface area contributed by atoms with Gasteiger partial charge in [-0.2, -0.15) is 0 Å². The smallest absolute Gasteiger partial charge is 0.283 e. The second kappa shape index (κ2) is 9.80. The SMILES string of the molecule is O=C(CSC1=N/C(=C/c2ccccn2)C(=O)N1c1ccccc1)NCc1ccc2c(c1)OCO2. The number of rotatable bonds is 6. The average Bonchev–Trinajstić information content (AvgIpc) is 3.46. The maximum Gasteiger partial charge on any atom is 0.283 e. The number of amidine groups is 1. The molecule has 0 fully saturated rings. The number of thioether (sulfide) groups is 1.